The third-order valence-corrected chi connectivity index (χ3v) is 3.42. The highest BCUT2D eigenvalue weighted by atomic mass is 16.3. The highest BCUT2D eigenvalue weighted by molar-refractivity contribution is 4.78. The van der Waals surface area contributed by atoms with Crippen LogP contribution in [0.4, 0.5) is 0 Å². The summed E-state index contributed by atoms with van der Waals surface area (Å²) in [6.45, 7) is 7.24. The summed E-state index contributed by atoms with van der Waals surface area (Å²) in [7, 11) is 0. The number of aliphatic hydroxyl groups is 1. The van der Waals surface area contributed by atoms with Gasteiger partial charge in [-0.05, 0) is 44.4 Å². The molecule has 2 N–H and O–H groups in total. The molecule has 0 aromatic rings. The molecule has 0 aliphatic heterocycles. The molecule has 0 heterocycles. The normalized spacial score (nSPS) is 30.6. The first-order chi connectivity index (χ1) is 6.59. The van der Waals surface area contributed by atoms with E-state index in [-0.39, 0.29) is 6.10 Å². The van der Waals surface area contributed by atoms with Gasteiger partial charge in [0.15, 0.2) is 0 Å². The van der Waals surface area contributed by atoms with Gasteiger partial charge in [0.1, 0.15) is 0 Å². The van der Waals surface area contributed by atoms with Gasteiger partial charge >= 0.3 is 0 Å². The third kappa shape index (κ3) is 3.97. The van der Waals surface area contributed by atoms with E-state index in [4.69, 9.17) is 5.11 Å². The molecule has 0 aromatic heterocycles. The molecule has 14 heavy (non-hydrogen) atoms. The van der Waals surface area contributed by atoms with E-state index in [0.29, 0.717) is 6.04 Å². The van der Waals surface area contributed by atoms with E-state index in [1.165, 1.54) is 25.7 Å². The van der Waals surface area contributed by atoms with Crippen molar-refractivity contribution in [3.8, 4) is 0 Å². The monoisotopic (exact) mass is 199 g/mol. The Morgan fingerprint density at radius 2 is 1.71 bits per heavy atom. The second-order valence-electron chi connectivity index (χ2n) is 5.11. The van der Waals surface area contributed by atoms with Gasteiger partial charge in [-0.25, -0.2) is 0 Å². The van der Waals surface area contributed by atoms with Gasteiger partial charge in [0.2, 0.25) is 0 Å². The summed E-state index contributed by atoms with van der Waals surface area (Å²) in [4.78, 5) is 0. The van der Waals surface area contributed by atoms with E-state index < -0.39 is 0 Å². The number of nitrogens with one attached hydrogen (secondary N) is 1. The minimum Gasteiger partial charge on any atom is -0.392 e. The summed E-state index contributed by atoms with van der Waals surface area (Å²) in [6.07, 6.45) is 5.08. The highest BCUT2D eigenvalue weighted by Crippen LogP contribution is 2.29. The molecule has 2 heteroatoms. The topological polar surface area (TPSA) is 32.3 Å². The minimum absolute atomic E-state index is 0.210. The smallest absolute Gasteiger partial charge is 0.0636 e. The largest absolute Gasteiger partial charge is 0.392 e. The van der Waals surface area contributed by atoms with Crippen LogP contribution < -0.4 is 5.32 Å². The van der Waals surface area contributed by atoms with Crippen molar-refractivity contribution in [1.82, 2.24) is 5.32 Å². The van der Waals surface area contributed by atoms with Gasteiger partial charge in [-0.2, -0.15) is 0 Å². The van der Waals surface area contributed by atoms with Crippen LogP contribution in [0.15, 0.2) is 0 Å². The molecule has 0 amide bonds. The van der Waals surface area contributed by atoms with Gasteiger partial charge in [0.25, 0.3) is 0 Å². The molecule has 2 nitrogen and oxygen atoms in total. The molecule has 0 spiro atoms. The van der Waals surface area contributed by atoms with Crippen molar-refractivity contribution in [2.45, 2.75) is 58.6 Å². The number of hydrogen-bond donors (Lipinski definition) is 2. The zero-order valence-corrected chi connectivity index (χ0v) is 9.79. The lowest BCUT2D eigenvalue weighted by atomic mass is 9.80. The fraction of sp³-hybridized carbons (Fsp3) is 1.00. The number of hydrogen-bond acceptors (Lipinski definition) is 2. The summed E-state index contributed by atoms with van der Waals surface area (Å²) < 4.78 is 0. The van der Waals surface area contributed by atoms with Gasteiger partial charge in [-0.1, -0.05) is 13.8 Å². The van der Waals surface area contributed by atoms with Crippen molar-refractivity contribution < 1.29 is 5.11 Å². The minimum atomic E-state index is -0.210. The zero-order valence-electron chi connectivity index (χ0n) is 9.79. The van der Waals surface area contributed by atoms with Crippen molar-refractivity contribution in [3.05, 3.63) is 0 Å². The molecule has 0 aromatic carbocycles. The second-order valence-corrected chi connectivity index (χ2v) is 5.11. The summed E-state index contributed by atoms with van der Waals surface area (Å²) in [5.74, 6) is 1.77. The van der Waals surface area contributed by atoms with Gasteiger partial charge in [-0.3, -0.25) is 0 Å². The van der Waals surface area contributed by atoms with Crippen LogP contribution in [0.3, 0.4) is 0 Å². The Balaban J connectivity index is 2.16. The Labute approximate surface area is 88.1 Å². The van der Waals surface area contributed by atoms with Gasteiger partial charge in [-0.15, -0.1) is 0 Å². The van der Waals surface area contributed by atoms with Crippen LogP contribution >= 0.6 is 0 Å². The molecule has 0 radical (unpaired) electrons. The molecule has 84 valence electrons. The maximum absolute atomic E-state index is 9.16. The van der Waals surface area contributed by atoms with Crippen LogP contribution in [0, 0.1) is 11.8 Å². The molecule has 0 saturated heterocycles. The third-order valence-electron chi connectivity index (χ3n) is 3.42. The highest BCUT2D eigenvalue weighted by Gasteiger charge is 2.22. The standard InChI is InChI=1S/C12H25NO/c1-9(2)11-4-6-12(7-5-11)13-8-10(3)14/h9-14H,4-8H2,1-3H3/t10-,11?,12?/m1/s1. The molecule has 0 unspecified atom stereocenters. The fourth-order valence-corrected chi connectivity index (χ4v) is 2.33. The van der Waals surface area contributed by atoms with E-state index in [0.717, 1.165) is 18.4 Å². The lowest BCUT2D eigenvalue weighted by Crippen LogP contribution is -2.37. The number of rotatable bonds is 4. The van der Waals surface area contributed by atoms with Crippen LogP contribution in [-0.4, -0.2) is 23.8 Å². The molecular weight excluding hydrogens is 174 g/mol. The second kappa shape index (κ2) is 5.72. The van der Waals surface area contributed by atoms with Crippen molar-refractivity contribution in [3.63, 3.8) is 0 Å². The maximum Gasteiger partial charge on any atom is 0.0636 e. The first kappa shape index (κ1) is 12.0. The van der Waals surface area contributed by atoms with Crippen molar-refractivity contribution in [1.29, 1.82) is 0 Å². The average Bonchev–Trinajstić information content (AvgIpc) is 2.15. The fourth-order valence-electron chi connectivity index (χ4n) is 2.33. The maximum atomic E-state index is 9.16. The Morgan fingerprint density at radius 1 is 1.14 bits per heavy atom. The summed E-state index contributed by atoms with van der Waals surface area (Å²) in [5, 5.41) is 12.6. The van der Waals surface area contributed by atoms with Crippen molar-refractivity contribution >= 4 is 0 Å². The van der Waals surface area contributed by atoms with Gasteiger partial charge < -0.3 is 10.4 Å². The zero-order chi connectivity index (χ0) is 10.6. The first-order valence-corrected chi connectivity index (χ1v) is 6.01. The predicted octanol–water partition coefficient (Wildman–Crippen LogP) is 2.17. The van der Waals surface area contributed by atoms with E-state index in [2.05, 4.69) is 19.2 Å². The number of aliphatic hydroxyl groups excluding tert-OH is 1. The SMILES string of the molecule is CC(C)C1CCC(NC[C@@H](C)O)CC1. The van der Waals surface area contributed by atoms with Crippen molar-refractivity contribution in [2.24, 2.45) is 11.8 Å². The molecule has 1 rings (SSSR count). The Morgan fingerprint density at radius 3 is 2.14 bits per heavy atom. The lowest BCUT2D eigenvalue weighted by molar-refractivity contribution is 0.172. The summed E-state index contributed by atoms with van der Waals surface area (Å²) in [5.41, 5.74) is 0. The van der Waals surface area contributed by atoms with Crippen molar-refractivity contribution in [2.75, 3.05) is 6.54 Å². The predicted molar refractivity (Wildman–Crippen MR) is 60.3 cm³/mol. The first-order valence-electron chi connectivity index (χ1n) is 6.01. The Hall–Kier alpha value is -0.0800. The summed E-state index contributed by atoms with van der Waals surface area (Å²) >= 11 is 0. The average molecular weight is 199 g/mol. The summed E-state index contributed by atoms with van der Waals surface area (Å²) in [6, 6.07) is 0.652. The molecule has 1 saturated carbocycles. The van der Waals surface area contributed by atoms with E-state index in [1.807, 2.05) is 6.92 Å². The molecule has 1 aliphatic rings. The quantitative estimate of drug-likeness (QED) is 0.727. The van der Waals surface area contributed by atoms with Gasteiger partial charge in [0, 0.05) is 12.6 Å². The van der Waals surface area contributed by atoms with E-state index in [9.17, 15) is 0 Å². The van der Waals surface area contributed by atoms with Crippen LogP contribution in [0.5, 0.6) is 0 Å². The lowest BCUT2D eigenvalue weighted by Gasteiger charge is -2.31. The Kier molecular flexibility index (Phi) is 4.90. The van der Waals surface area contributed by atoms with Crippen LogP contribution in [0.1, 0.15) is 46.5 Å². The molecule has 0 bridgehead atoms. The van der Waals surface area contributed by atoms with Gasteiger partial charge in [0.05, 0.1) is 6.10 Å². The van der Waals surface area contributed by atoms with Crippen LogP contribution in [0.25, 0.3) is 0 Å². The molecular formula is C12H25NO. The molecule has 1 fully saturated rings. The Bertz CT molecular complexity index is 148. The van der Waals surface area contributed by atoms with Crippen LogP contribution in [0.2, 0.25) is 0 Å². The molecule has 1 atom stereocenters. The van der Waals surface area contributed by atoms with Crippen LogP contribution in [-0.2, 0) is 0 Å². The van der Waals surface area contributed by atoms with E-state index >= 15 is 0 Å². The van der Waals surface area contributed by atoms with E-state index in [1.54, 1.807) is 0 Å². The molecule has 1 aliphatic carbocycles.